The van der Waals surface area contributed by atoms with Crippen molar-refractivity contribution in [3.05, 3.63) is 36.3 Å². The molecular weight excluding hydrogens is 212 g/mol. The molecule has 0 radical (unpaired) electrons. The molecule has 2 rings (SSSR count). The molecule has 0 saturated heterocycles. The molecule has 0 spiro atoms. The third kappa shape index (κ3) is 2.53. The molecule has 2 heterocycles. The van der Waals surface area contributed by atoms with Gasteiger partial charge in [0.1, 0.15) is 0 Å². The average Bonchev–Trinajstić information content (AvgIpc) is 2.75. The van der Waals surface area contributed by atoms with E-state index < -0.39 is 0 Å². The van der Waals surface area contributed by atoms with Gasteiger partial charge in [-0.05, 0) is 24.1 Å². The fraction of sp³-hybridized carbons (Fsp3) is 0.385. The van der Waals surface area contributed by atoms with E-state index in [1.807, 2.05) is 16.8 Å². The Morgan fingerprint density at radius 3 is 2.59 bits per heavy atom. The first-order chi connectivity index (χ1) is 8.22. The Bertz CT molecular complexity index is 473. The van der Waals surface area contributed by atoms with Crippen molar-refractivity contribution >= 4 is 0 Å². The molecule has 2 aromatic heterocycles. The standard InChI is InChI=1S/C13H18N4/c1-10(2)13-9-12(16-17(13)8-5-14)11-3-6-15-7-4-11/h3-4,6-7,9-10H,5,8,14H2,1-2H3. The first kappa shape index (κ1) is 11.8. The minimum atomic E-state index is 0.449. The molecule has 4 nitrogen and oxygen atoms in total. The number of aromatic nitrogens is 3. The highest BCUT2D eigenvalue weighted by molar-refractivity contribution is 5.58. The van der Waals surface area contributed by atoms with E-state index in [1.54, 1.807) is 12.4 Å². The summed E-state index contributed by atoms with van der Waals surface area (Å²) in [6.45, 7) is 5.70. The molecular formula is C13H18N4. The summed E-state index contributed by atoms with van der Waals surface area (Å²) in [5.74, 6) is 0.449. The van der Waals surface area contributed by atoms with E-state index in [2.05, 4.69) is 30.0 Å². The maximum Gasteiger partial charge on any atom is 0.0927 e. The van der Waals surface area contributed by atoms with Gasteiger partial charge in [0.05, 0.1) is 12.2 Å². The summed E-state index contributed by atoms with van der Waals surface area (Å²) in [7, 11) is 0. The van der Waals surface area contributed by atoms with E-state index in [-0.39, 0.29) is 0 Å². The SMILES string of the molecule is CC(C)c1cc(-c2ccncc2)nn1CCN. The minimum absolute atomic E-state index is 0.449. The predicted octanol–water partition coefficient (Wildman–Crippen LogP) is 2.03. The van der Waals surface area contributed by atoms with Crippen LogP contribution in [-0.4, -0.2) is 21.3 Å². The van der Waals surface area contributed by atoms with Crippen LogP contribution in [0, 0.1) is 0 Å². The lowest BCUT2D eigenvalue weighted by Gasteiger charge is -2.07. The topological polar surface area (TPSA) is 56.7 Å². The summed E-state index contributed by atoms with van der Waals surface area (Å²) in [6, 6.07) is 6.08. The Morgan fingerprint density at radius 1 is 1.29 bits per heavy atom. The molecule has 0 saturated carbocycles. The number of hydrogen-bond acceptors (Lipinski definition) is 3. The van der Waals surface area contributed by atoms with Crippen molar-refractivity contribution in [1.82, 2.24) is 14.8 Å². The third-order valence-electron chi connectivity index (χ3n) is 2.72. The normalized spacial score (nSPS) is 11.1. The lowest BCUT2D eigenvalue weighted by atomic mass is 10.1. The Kier molecular flexibility index (Phi) is 3.54. The van der Waals surface area contributed by atoms with Crippen molar-refractivity contribution in [3.63, 3.8) is 0 Å². The highest BCUT2D eigenvalue weighted by atomic mass is 15.3. The highest BCUT2D eigenvalue weighted by Crippen LogP contribution is 2.22. The van der Waals surface area contributed by atoms with Crippen LogP contribution in [0.2, 0.25) is 0 Å². The first-order valence-corrected chi connectivity index (χ1v) is 5.90. The van der Waals surface area contributed by atoms with E-state index in [4.69, 9.17) is 5.73 Å². The van der Waals surface area contributed by atoms with Crippen molar-refractivity contribution in [3.8, 4) is 11.3 Å². The molecule has 0 amide bonds. The number of nitrogens with zero attached hydrogens (tertiary/aromatic N) is 3. The minimum Gasteiger partial charge on any atom is -0.329 e. The van der Waals surface area contributed by atoms with Gasteiger partial charge >= 0.3 is 0 Å². The summed E-state index contributed by atoms with van der Waals surface area (Å²) >= 11 is 0. The molecule has 17 heavy (non-hydrogen) atoms. The predicted molar refractivity (Wildman–Crippen MR) is 68.6 cm³/mol. The van der Waals surface area contributed by atoms with Gasteiger partial charge in [0.25, 0.3) is 0 Å². The van der Waals surface area contributed by atoms with Crippen molar-refractivity contribution in [2.75, 3.05) is 6.54 Å². The largest absolute Gasteiger partial charge is 0.329 e. The molecule has 0 aromatic carbocycles. The van der Waals surface area contributed by atoms with Crippen LogP contribution in [0.25, 0.3) is 11.3 Å². The fourth-order valence-corrected chi connectivity index (χ4v) is 1.86. The van der Waals surface area contributed by atoms with Crippen molar-refractivity contribution < 1.29 is 0 Å². The first-order valence-electron chi connectivity index (χ1n) is 5.90. The average molecular weight is 230 g/mol. The van der Waals surface area contributed by atoms with Crippen LogP contribution in [0.15, 0.2) is 30.6 Å². The van der Waals surface area contributed by atoms with Gasteiger partial charge in [-0.15, -0.1) is 0 Å². The second kappa shape index (κ2) is 5.10. The second-order valence-corrected chi connectivity index (χ2v) is 4.36. The van der Waals surface area contributed by atoms with Crippen LogP contribution in [0.1, 0.15) is 25.5 Å². The van der Waals surface area contributed by atoms with Gasteiger partial charge in [0, 0.05) is 30.2 Å². The molecule has 2 aromatic rings. The Hall–Kier alpha value is -1.68. The van der Waals surface area contributed by atoms with E-state index in [1.165, 1.54) is 5.69 Å². The summed E-state index contributed by atoms with van der Waals surface area (Å²) in [5, 5.41) is 4.60. The smallest absolute Gasteiger partial charge is 0.0927 e. The van der Waals surface area contributed by atoms with Gasteiger partial charge < -0.3 is 5.73 Å². The molecule has 0 aliphatic carbocycles. The summed E-state index contributed by atoms with van der Waals surface area (Å²) in [5.41, 5.74) is 8.92. The number of rotatable bonds is 4. The van der Waals surface area contributed by atoms with E-state index in [0.29, 0.717) is 12.5 Å². The maximum absolute atomic E-state index is 5.61. The van der Waals surface area contributed by atoms with E-state index in [9.17, 15) is 0 Å². The number of nitrogens with two attached hydrogens (primary N) is 1. The van der Waals surface area contributed by atoms with E-state index in [0.717, 1.165) is 17.8 Å². The molecule has 90 valence electrons. The zero-order valence-electron chi connectivity index (χ0n) is 10.3. The summed E-state index contributed by atoms with van der Waals surface area (Å²) < 4.78 is 2.00. The van der Waals surface area contributed by atoms with Gasteiger partial charge in [0.15, 0.2) is 0 Å². The summed E-state index contributed by atoms with van der Waals surface area (Å²) in [4.78, 5) is 4.02. The number of hydrogen-bond donors (Lipinski definition) is 1. The molecule has 0 aliphatic heterocycles. The molecule has 0 fully saturated rings. The second-order valence-electron chi connectivity index (χ2n) is 4.36. The van der Waals surface area contributed by atoms with Crippen molar-refractivity contribution in [1.29, 1.82) is 0 Å². The van der Waals surface area contributed by atoms with Gasteiger partial charge in [-0.2, -0.15) is 5.10 Å². The van der Waals surface area contributed by atoms with Gasteiger partial charge in [-0.3, -0.25) is 9.67 Å². The molecule has 0 bridgehead atoms. The zero-order chi connectivity index (χ0) is 12.3. The number of pyridine rings is 1. The lowest BCUT2D eigenvalue weighted by Crippen LogP contribution is -2.14. The monoisotopic (exact) mass is 230 g/mol. The Morgan fingerprint density at radius 2 is 2.00 bits per heavy atom. The molecule has 0 atom stereocenters. The van der Waals surface area contributed by atoms with Crippen LogP contribution >= 0.6 is 0 Å². The highest BCUT2D eigenvalue weighted by Gasteiger charge is 2.11. The molecule has 0 aliphatic rings. The molecule has 2 N–H and O–H groups in total. The van der Waals surface area contributed by atoms with Crippen LogP contribution in [0.3, 0.4) is 0 Å². The van der Waals surface area contributed by atoms with Crippen LogP contribution < -0.4 is 5.73 Å². The van der Waals surface area contributed by atoms with Crippen LogP contribution in [-0.2, 0) is 6.54 Å². The van der Waals surface area contributed by atoms with E-state index >= 15 is 0 Å². The molecule has 0 unspecified atom stereocenters. The fourth-order valence-electron chi connectivity index (χ4n) is 1.86. The third-order valence-corrected chi connectivity index (χ3v) is 2.72. The van der Waals surface area contributed by atoms with Crippen molar-refractivity contribution in [2.45, 2.75) is 26.3 Å². The van der Waals surface area contributed by atoms with Crippen molar-refractivity contribution in [2.24, 2.45) is 5.73 Å². The van der Waals surface area contributed by atoms with Gasteiger partial charge in [-0.25, -0.2) is 0 Å². The molecule has 4 heteroatoms. The summed E-state index contributed by atoms with van der Waals surface area (Å²) in [6.07, 6.45) is 3.57. The van der Waals surface area contributed by atoms with Gasteiger partial charge in [-0.1, -0.05) is 13.8 Å². The van der Waals surface area contributed by atoms with Gasteiger partial charge in [0.2, 0.25) is 0 Å². The Labute approximate surface area is 101 Å². The Balaban J connectivity index is 2.40. The zero-order valence-corrected chi connectivity index (χ0v) is 10.3. The lowest BCUT2D eigenvalue weighted by molar-refractivity contribution is 0.576. The quantitative estimate of drug-likeness (QED) is 0.874. The maximum atomic E-state index is 5.61. The van der Waals surface area contributed by atoms with Crippen LogP contribution in [0.4, 0.5) is 0 Å². The van der Waals surface area contributed by atoms with Crippen LogP contribution in [0.5, 0.6) is 0 Å².